The first kappa shape index (κ1) is 13.9. The van der Waals surface area contributed by atoms with Crippen LogP contribution >= 0.6 is 0 Å². The quantitative estimate of drug-likeness (QED) is 0.833. The molecule has 0 atom stereocenters. The summed E-state index contributed by atoms with van der Waals surface area (Å²) in [5, 5.41) is 0. The lowest BCUT2D eigenvalue weighted by Gasteiger charge is -2.06. The van der Waals surface area contributed by atoms with Crippen molar-refractivity contribution in [3.05, 3.63) is 24.0 Å². The third-order valence-corrected chi connectivity index (χ3v) is 3.19. The van der Waals surface area contributed by atoms with Gasteiger partial charge in [0.1, 0.15) is 11.6 Å². The van der Waals surface area contributed by atoms with Gasteiger partial charge in [-0.25, -0.2) is 4.98 Å². The summed E-state index contributed by atoms with van der Waals surface area (Å²) in [4.78, 5) is 4.72. The Labute approximate surface area is 114 Å². The number of hydrogen-bond donors (Lipinski definition) is 1. The van der Waals surface area contributed by atoms with Crippen LogP contribution in [0.1, 0.15) is 32.5 Å². The van der Waals surface area contributed by atoms with E-state index in [0.717, 1.165) is 49.5 Å². The first-order valence-electron chi connectivity index (χ1n) is 7.12. The minimum atomic E-state index is 0.706. The molecule has 0 fully saturated rings. The number of aromatic nitrogens is 2. The molecule has 104 valence electrons. The maximum Gasteiger partial charge on any atom is 0.121 e. The van der Waals surface area contributed by atoms with Crippen LogP contribution in [0.4, 0.5) is 0 Å². The summed E-state index contributed by atoms with van der Waals surface area (Å²) in [6.45, 7) is 6.65. The van der Waals surface area contributed by atoms with Crippen molar-refractivity contribution in [2.24, 2.45) is 5.73 Å². The van der Waals surface area contributed by atoms with Gasteiger partial charge in [0, 0.05) is 19.0 Å². The van der Waals surface area contributed by atoms with Gasteiger partial charge in [0.05, 0.1) is 17.6 Å². The normalized spacial score (nSPS) is 11.1. The van der Waals surface area contributed by atoms with Crippen molar-refractivity contribution >= 4 is 11.0 Å². The first-order valence-corrected chi connectivity index (χ1v) is 7.12. The maximum absolute atomic E-state index is 5.66. The molecule has 0 saturated carbocycles. The number of nitrogens with zero attached hydrogens (tertiary/aromatic N) is 2. The number of nitrogens with two attached hydrogens (primary N) is 1. The lowest BCUT2D eigenvalue weighted by molar-refractivity contribution is 0.318. The van der Waals surface area contributed by atoms with E-state index >= 15 is 0 Å². The van der Waals surface area contributed by atoms with E-state index in [1.165, 1.54) is 5.52 Å². The average molecular weight is 261 g/mol. The molecule has 1 aromatic heterocycles. The standard InChI is InChI=1S/C15H23N3O/c1-3-10-19-12-7-8-14-13(11-12)17-15(6-5-9-16)18(14)4-2/h7-8,11H,3-6,9-10,16H2,1-2H3. The van der Waals surface area contributed by atoms with Gasteiger partial charge in [-0.2, -0.15) is 0 Å². The van der Waals surface area contributed by atoms with E-state index in [9.17, 15) is 0 Å². The van der Waals surface area contributed by atoms with Crippen LogP contribution in [-0.4, -0.2) is 22.7 Å². The smallest absolute Gasteiger partial charge is 0.121 e. The maximum atomic E-state index is 5.66. The summed E-state index contributed by atoms with van der Waals surface area (Å²) < 4.78 is 7.92. The van der Waals surface area contributed by atoms with Crippen molar-refractivity contribution in [3.63, 3.8) is 0 Å². The summed E-state index contributed by atoms with van der Waals surface area (Å²) in [6.07, 6.45) is 2.93. The number of fused-ring (bicyclic) bond motifs is 1. The molecule has 0 unspecified atom stereocenters. The second kappa shape index (κ2) is 6.57. The van der Waals surface area contributed by atoms with Gasteiger partial charge in [0.2, 0.25) is 0 Å². The molecule has 0 radical (unpaired) electrons. The summed E-state index contributed by atoms with van der Waals surface area (Å²) in [7, 11) is 0. The van der Waals surface area contributed by atoms with Crippen molar-refractivity contribution in [2.45, 2.75) is 39.7 Å². The summed E-state index contributed by atoms with van der Waals surface area (Å²) >= 11 is 0. The Morgan fingerprint density at radius 1 is 1.32 bits per heavy atom. The predicted octanol–water partition coefficient (Wildman–Crippen LogP) is 2.74. The fourth-order valence-electron chi connectivity index (χ4n) is 2.27. The first-order chi connectivity index (χ1) is 9.30. The molecule has 0 bridgehead atoms. The van der Waals surface area contributed by atoms with Gasteiger partial charge in [-0.3, -0.25) is 0 Å². The van der Waals surface area contributed by atoms with E-state index in [2.05, 4.69) is 24.5 Å². The number of rotatable bonds is 7. The van der Waals surface area contributed by atoms with E-state index in [-0.39, 0.29) is 0 Å². The van der Waals surface area contributed by atoms with Crippen molar-refractivity contribution < 1.29 is 4.74 Å². The molecule has 4 heteroatoms. The molecule has 1 aromatic carbocycles. The molecular formula is C15H23N3O. The molecule has 0 aliphatic rings. The van der Waals surface area contributed by atoms with Crippen LogP contribution in [0.25, 0.3) is 11.0 Å². The Morgan fingerprint density at radius 3 is 2.84 bits per heavy atom. The number of imidazole rings is 1. The zero-order chi connectivity index (χ0) is 13.7. The Balaban J connectivity index is 2.32. The van der Waals surface area contributed by atoms with E-state index in [1.807, 2.05) is 12.1 Å². The summed E-state index contributed by atoms with van der Waals surface area (Å²) in [5.74, 6) is 2.02. The van der Waals surface area contributed by atoms with Gasteiger partial charge < -0.3 is 15.0 Å². The van der Waals surface area contributed by atoms with E-state index in [1.54, 1.807) is 0 Å². The Hall–Kier alpha value is -1.55. The minimum absolute atomic E-state index is 0.706. The summed E-state index contributed by atoms with van der Waals surface area (Å²) in [6, 6.07) is 6.16. The second-order valence-corrected chi connectivity index (χ2v) is 4.66. The predicted molar refractivity (Wildman–Crippen MR) is 78.6 cm³/mol. The Morgan fingerprint density at radius 2 is 2.16 bits per heavy atom. The van der Waals surface area contributed by atoms with Gasteiger partial charge in [0.25, 0.3) is 0 Å². The van der Waals surface area contributed by atoms with Crippen molar-refractivity contribution in [1.82, 2.24) is 9.55 Å². The highest BCUT2D eigenvalue weighted by molar-refractivity contribution is 5.77. The minimum Gasteiger partial charge on any atom is -0.494 e. The zero-order valence-corrected chi connectivity index (χ0v) is 11.9. The summed E-state index contributed by atoms with van der Waals surface area (Å²) in [5.41, 5.74) is 7.78. The van der Waals surface area contributed by atoms with Gasteiger partial charge in [-0.15, -0.1) is 0 Å². The largest absolute Gasteiger partial charge is 0.494 e. The molecule has 0 aliphatic heterocycles. The SMILES string of the molecule is CCCOc1ccc2c(c1)nc(CCCN)n2CC. The molecular weight excluding hydrogens is 238 g/mol. The van der Waals surface area contributed by atoms with Crippen LogP contribution in [0.15, 0.2) is 18.2 Å². The average Bonchev–Trinajstić information content (AvgIpc) is 2.79. The highest BCUT2D eigenvalue weighted by atomic mass is 16.5. The van der Waals surface area contributed by atoms with Gasteiger partial charge in [0.15, 0.2) is 0 Å². The van der Waals surface area contributed by atoms with Crippen LogP contribution in [0.2, 0.25) is 0 Å². The van der Waals surface area contributed by atoms with E-state index in [0.29, 0.717) is 6.54 Å². The number of hydrogen-bond acceptors (Lipinski definition) is 3. The highest BCUT2D eigenvalue weighted by Crippen LogP contribution is 2.22. The molecule has 4 nitrogen and oxygen atoms in total. The molecule has 1 heterocycles. The fraction of sp³-hybridized carbons (Fsp3) is 0.533. The molecule has 2 N–H and O–H groups in total. The topological polar surface area (TPSA) is 53.1 Å². The highest BCUT2D eigenvalue weighted by Gasteiger charge is 2.09. The molecule has 0 spiro atoms. The van der Waals surface area contributed by atoms with Crippen LogP contribution < -0.4 is 10.5 Å². The molecule has 19 heavy (non-hydrogen) atoms. The van der Waals surface area contributed by atoms with Gasteiger partial charge in [-0.05, 0) is 38.4 Å². The zero-order valence-electron chi connectivity index (χ0n) is 11.9. The van der Waals surface area contributed by atoms with E-state index in [4.69, 9.17) is 15.5 Å². The van der Waals surface area contributed by atoms with Crippen LogP contribution in [-0.2, 0) is 13.0 Å². The number of benzene rings is 1. The van der Waals surface area contributed by atoms with Crippen LogP contribution in [0.5, 0.6) is 5.75 Å². The lowest BCUT2D eigenvalue weighted by atomic mass is 10.3. The van der Waals surface area contributed by atoms with E-state index < -0.39 is 0 Å². The molecule has 2 aromatic rings. The van der Waals surface area contributed by atoms with Crippen molar-refractivity contribution in [2.75, 3.05) is 13.2 Å². The van der Waals surface area contributed by atoms with Gasteiger partial charge >= 0.3 is 0 Å². The number of ether oxygens (including phenoxy) is 1. The molecule has 0 saturated heterocycles. The monoisotopic (exact) mass is 261 g/mol. The van der Waals surface area contributed by atoms with Crippen LogP contribution in [0.3, 0.4) is 0 Å². The Kier molecular flexibility index (Phi) is 4.80. The molecule has 2 rings (SSSR count). The lowest BCUT2D eigenvalue weighted by Crippen LogP contribution is -2.06. The number of aryl methyl sites for hydroxylation is 2. The second-order valence-electron chi connectivity index (χ2n) is 4.66. The third-order valence-electron chi connectivity index (χ3n) is 3.19. The van der Waals surface area contributed by atoms with Crippen molar-refractivity contribution in [1.29, 1.82) is 0 Å². The molecule has 0 amide bonds. The molecule has 0 aliphatic carbocycles. The van der Waals surface area contributed by atoms with Crippen molar-refractivity contribution in [3.8, 4) is 5.75 Å². The Bertz CT molecular complexity index is 533. The van der Waals surface area contributed by atoms with Gasteiger partial charge in [-0.1, -0.05) is 6.92 Å². The third kappa shape index (κ3) is 3.07. The van der Waals surface area contributed by atoms with Crippen LogP contribution in [0, 0.1) is 0 Å². The fourth-order valence-corrected chi connectivity index (χ4v) is 2.27.